The molecule has 0 aliphatic carbocycles. The summed E-state index contributed by atoms with van der Waals surface area (Å²) in [5.41, 5.74) is 0. The van der Waals surface area contributed by atoms with Gasteiger partial charge < -0.3 is 10.6 Å². The zero-order chi connectivity index (χ0) is 12.7. The molecule has 17 heavy (non-hydrogen) atoms. The maximum absolute atomic E-state index is 11.5. The van der Waals surface area contributed by atoms with E-state index in [9.17, 15) is 9.59 Å². The van der Waals surface area contributed by atoms with Crippen LogP contribution < -0.4 is 10.6 Å². The minimum Gasteiger partial charge on any atom is -0.340 e. The number of amides is 2. The van der Waals surface area contributed by atoms with Crippen LogP contribution in [0.3, 0.4) is 0 Å². The monoisotopic (exact) mass is 251 g/mol. The summed E-state index contributed by atoms with van der Waals surface area (Å²) in [6.45, 7) is 1.76. The van der Waals surface area contributed by atoms with Crippen LogP contribution in [0.4, 0.5) is 0 Å². The van der Waals surface area contributed by atoms with Gasteiger partial charge in [0.15, 0.2) is 0 Å². The van der Waals surface area contributed by atoms with Gasteiger partial charge in [-0.15, -0.1) is 11.3 Å². The summed E-state index contributed by atoms with van der Waals surface area (Å²) >= 11 is 1.53. The van der Waals surface area contributed by atoms with Crippen molar-refractivity contribution in [3.05, 3.63) is 22.4 Å². The molecule has 6 heteroatoms. The highest BCUT2D eigenvalue weighted by Crippen LogP contribution is 2.21. The lowest BCUT2D eigenvalue weighted by molar-refractivity contribution is -0.139. The zero-order valence-corrected chi connectivity index (χ0v) is 10.2. The van der Waals surface area contributed by atoms with Gasteiger partial charge in [0, 0.05) is 4.88 Å². The zero-order valence-electron chi connectivity index (χ0n) is 9.40. The lowest BCUT2D eigenvalue weighted by Gasteiger charge is -2.14. The van der Waals surface area contributed by atoms with Crippen molar-refractivity contribution in [2.45, 2.75) is 19.4 Å². The first kappa shape index (κ1) is 13.2. The number of carbonyl (C=O) groups is 2. The van der Waals surface area contributed by atoms with E-state index < -0.39 is 11.8 Å². The van der Waals surface area contributed by atoms with Gasteiger partial charge in [0.05, 0.1) is 12.1 Å². The average molecular weight is 251 g/mol. The van der Waals surface area contributed by atoms with Gasteiger partial charge in [-0.05, 0) is 17.9 Å². The molecule has 5 nitrogen and oxygen atoms in total. The Bertz CT molecular complexity index is 422. The number of rotatable bonds is 4. The highest BCUT2D eigenvalue weighted by molar-refractivity contribution is 7.10. The van der Waals surface area contributed by atoms with Gasteiger partial charge in [0.25, 0.3) is 0 Å². The van der Waals surface area contributed by atoms with Crippen LogP contribution in [0.5, 0.6) is 0 Å². The molecule has 0 fully saturated rings. The van der Waals surface area contributed by atoms with E-state index in [1.165, 1.54) is 11.3 Å². The molecule has 1 unspecified atom stereocenters. The van der Waals surface area contributed by atoms with Crippen molar-refractivity contribution in [2.75, 3.05) is 6.54 Å². The van der Waals surface area contributed by atoms with Gasteiger partial charge >= 0.3 is 11.8 Å². The smallest absolute Gasteiger partial charge is 0.310 e. The fourth-order valence-corrected chi connectivity index (χ4v) is 2.15. The van der Waals surface area contributed by atoms with Crippen molar-refractivity contribution < 1.29 is 9.59 Å². The van der Waals surface area contributed by atoms with Crippen LogP contribution in [0.2, 0.25) is 0 Å². The van der Waals surface area contributed by atoms with E-state index in [2.05, 4.69) is 10.6 Å². The molecule has 1 atom stereocenters. The molecule has 0 spiro atoms. The number of nitrogens with one attached hydrogen (secondary N) is 2. The summed E-state index contributed by atoms with van der Waals surface area (Å²) in [5.74, 6) is -1.48. The molecule has 90 valence electrons. The van der Waals surface area contributed by atoms with E-state index >= 15 is 0 Å². The van der Waals surface area contributed by atoms with Gasteiger partial charge in [-0.1, -0.05) is 13.0 Å². The third kappa shape index (κ3) is 3.89. The van der Waals surface area contributed by atoms with Crippen LogP contribution in [0.1, 0.15) is 24.3 Å². The second-order valence-electron chi connectivity index (χ2n) is 3.29. The minimum atomic E-state index is -0.776. The van der Waals surface area contributed by atoms with Crippen molar-refractivity contribution in [2.24, 2.45) is 0 Å². The van der Waals surface area contributed by atoms with Gasteiger partial charge in [0.2, 0.25) is 0 Å². The van der Waals surface area contributed by atoms with Gasteiger partial charge in [-0.3, -0.25) is 9.59 Å². The van der Waals surface area contributed by atoms with Crippen LogP contribution in [-0.4, -0.2) is 18.4 Å². The third-order valence-electron chi connectivity index (χ3n) is 2.13. The van der Waals surface area contributed by atoms with E-state index in [4.69, 9.17) is 5.26 Å². The summed E-state index contributed by atoms with van der Waals surface area (Å²) in [4.78, 5) is 23.7. The fraction of sp³-hybridized carbons (Fsp3) is 0.364. The second kappa shape index (κ2) is 6.66. The molecular weight excluding hydrogens is 238 g/mol. The van der Waals surface area contributed by atoms with Crippen LogP contribution in [0.15, 0.2) is 17.5 Å². The van der Waals surface area contributed by atoms with Crippen molar-refractivity contribution in [1.29, 1.82) is 5.26 Å². The highest BCUT2D eigenvalue weighted by Gasteiger charge is 2.18. The maximum Gasteiger partial charge on any atom is 0.310 e. The Hall–Kier alpha value is -1.87. The van der Waals surface area contributed by atoms with Crippen molar-refractivity contribution in [1.82, 2.24) is 10.6 Å². The Morgan fingerprint density at radius 2 is 2.29 bits per heavy atom. The summed E-state index contributed by atoms with van der Waals surface area (Å²) in [6, 6.07) is 5.38. The van der Waals surface area contributed by atoms with Gasteiger partial charge in [-0.2, -0.15) is 5.26 Å². The summed E-state index contributed by atoms with van der Waals surface area (Å²) < 4.78 is 0. The molecule has 1 aromatic rings. The van der Waals surface area contributed by atoms with E-state index in [1.807, 2.05) is 24.4 Å². The standard InChI is InChI=1S/C11H13N3O2S/c1-2-8(9-4-3-7-17-9)14-11(16)10(15)13-6-5-12/h3-4,7-8H,2,6H2,1H3,(H,13,15)(H,14,16). The summed E-state index contributed by atoms with van der Waals surface area (Å²) in [7, 11) is 0. The van der Waals surface area contributed by atoms with Crippen molar-refractivity contribution in [3.63, 3.8) is 0 Å². The number of nitriles is 1. The number of hydrogen-bond donors (Lipinski definition) is 2. The molecule has 0 saturated heterocycles. The molecule has 0 aliphatic rings. The molecule has 1 aromatic heterocycles. The maximum atomic E-state index is 11.5. The first-order chi connectivity index (χ1) is 8.19. The third-order valence-corrected chi connectivity index (χ3v) is 3.12. The van der Waals surface area contributed by atoms with Gasteiger partial charge in [0.1, 0.15) is 6.54 Å². The lowest BCUT2D eigenvalue weighted by Crippen LogP contribution is -2.41. The molecule has 0 saturated carbocycles. The van der Waals surface area contributed by atoms with E-state index in [0.717, 1.165) is 4.88 Å². The fourth-order valence-electron chi connectivity index (χ4n) is 1.29. The molecule has 2 N–H and O–H groups in total. The minimum absolute atomic E-state index is 0.157. The number of hydrogen-bond acceptors (Lipinski definition) is 4. The number of carbonyl (C=O) groups excluding carboxylic acids is 2. The predicted octanol–water partition coefficient (Wildman–Crippen LogP) is 0.955. The number of thiophene rings is 1. The summed E-state index contributed by atoms with van der Waals surface area (Å²) in [5, 5.41) is 15.0. The molecule has 1 heterocycles. The Kier molecular flexibility index (Phi) is 5.17. The van der Waals surface area contributed by atoms with Crippen LogP contribution in [-0.2, 0) is 9.59 Å². The first-order valence-corrected chi connectivity index (χ1v) is 6.06. The molecule has 0 aliphatic heterocycles. The normalized spacial score (nSPS) is 11.3. The molecular formula is C11H13N3O2S. The van der Waals surface area contributed by atoms with E-state index in [-0.39, 0.29) is 12.6 Å². The first-order valence-electron chi connectivity index (χ1n) is 5.18. The van der Waals surface area contributed by atoms with Crippen LogP contribution >= 0.6 is 11.3 Å². The Morgan fingerprint density at radius 3 is 2.82 bits per heavy atom. The number of nitrogens with zero attached hydrogens (tertiary/aromatic N) is 1. The van der Waals surface area contributed by atoms with E-state index in [0.29, 0.717) is 6.42 Å². The van der Waals surface area contributed by atoms with E-state index in [1.54, 1.807) is 6.07 Å². The highest BCUT2D eigenvalue weighted by atomic mass is 32.1. The van der Waals surface area contributed by atoms with Crippen molar-refractivity contribution in [3.8, 4) is 6.07 Å². The predicted molar refractivity (Wildman–Crippen MR) is 64.1 cm³/mol. The lowest BCUT2D eigenvalue weighted by atomic mass is 10.2. The largest absolute Gasteiger partial charge is 0.340 e. The Morgan fingerprint density at radius 1 is 1.53 bits per heavy atom. The molecule has 0 aromatic carbocycles. The van der Waals surface area contributed by atoms with Crippen LogP contribution in [0.25, 0.3) is 0 Å². The summed E-state index contributed by atoms with van der Waals surface area (Å²) in [6.07, 6.45) is 0.706. The van der Waals surface area contributed by atoms with Crippen LogP contribution in [0, 0.1) is 11.3 Å². The molecule has 1 rings (SSSR count). The van der Waals surface area contributed by atoms with Crippen molar-refractivity contribution >= 4 is 23.2 Å². The Balaban J connectivity index is 2.55. The second-order valence-corrected chi connectivity index (χ2v) is 4.27. The Labute approximate surface area is 103 Å². The average Bonchev–Trinajstić information content (AvgIpc) is 2.86. The molecule has 0 bridgehead atoms. The molecule has 2 amide bonds. The SMILES string of the molecule is CCC(NC(=O)C(=O)NCC#N)c1cccs1. The van der Waals surface area contributed by atoms with Gasteiger partial charge in [-0.25, -0.2) is 0 Å². The topological polar surface area (TPSA) is 82.0 Å². The molecule has 0 radical (unpaired) electrons. The quantitative estimate of drug-likeness (QED) is 0.617.